The topological polar surface area (TPSA) is 78.6 Å². The average Bonchev–Trinajstić information content (AvgIpc) is 2.93. The number of benzene rings is 1. The number of carbonyl (C=O) groups excluding carboxylic acids is 1. The maximum atomic E-state index is 12.0. The van der Waals surface area contributed by atoms with Crippen LogP contribution in [0.3, 0.4) is 0 Å². The van der Waals surface area contributed by atoms with Crippen molar-refractivity contribution in [1.82, 2.24) is 9.88 Å². The molecule has 1 fully saturated rings. The Balaban J connectivity index is 1.75. The molecule has 2 amide bonds. The molecule has 2 N–H and O–H groups in total. The van der Waals surface area contributed by atoms with Crippen LogP contribution in [-0.2, 0) is 0 Å². The number of urea groups is 1. The third kappa shape index (κ3) is 2.39. The van der Waals surface area contributed by atoms with Crippen LogP contribution in [0.5, 0.6) is 0 Å². The molecule has 1 aromatic carbocycles. The van der Waals surface area contributed by atoms with Gasteiger partial charge in [-0.2, -0.15) is 0 Å². The number of hydrogen-bond donors (Lipinski definition) is 2. The van der Waals surface area contributed by atoms with Gasteiger partial charge in [0.2, 0.25) is 0 Å². The molecule has 3 rings (SSSR count). The number of aliphatic hydroxyl groups excluding tert-OH is 1. The van der Waals surface area contributed by atoms with E-state index in [2.05, 4.69) is 10.3 Å². The summed E-state index contributed by atoms with van der Waals surface area (Å²) in [6.45, 7) is 2.75. The lowest BCUT2D eigenvalue weighted by molar-refractivity contribution is 0.176. The first-order chi connectivity index (χ1) is 9.11. The van der Waals surface area contributed by atoms with Crippen LogP contribution >= 0.6 is 0 Å². The summed E-state index contributed by atoms with van der Waals surface area (Å²) in [6, 6.07) is 5.13. The molecular formula is C13H15N3O3. The van der Waals surface area contributed by atoms with E-state index in [1.54, 1.807) is 30.0 Å². The molecule has 6 heteroatoms. The fraction of sp³-hybridized carbons (Fsp3) is 0.385. The second kappa shape index (κ2) is 4.55. The second-order valence-electron chi connectivity index (χ2n) is 4.73. The maximum absolute atomic E-state index is 12.0. The molecule has 2 heterocycles. The summed E-state index contributed by atoms with van der Waals surface area (Å²) < 4.78 is 5.37. The van der Waals surface area contributed by atoms with Crippen LogP contribution in [0.15, 0.2) is 22.6 Å². The first-order valence-corrected chi connectivity index (χ1v) is 6.23. The number of anilines is 1. The van der Waals surface area contributed by atoms with Gasteiger partial charge in [0.1, 0.15) is 5.52 Å². The van der Waals surface area contributed by atoms with Crippen molar-refractivity contribution >= 4 is 22.8 Å². The lowest BCUT2D eigenvalue weighted by atomic mass is 10.3. The number of oxazole rings is 1. The molecule has 0 unspecified atom stereocenters. The summed E-state index contributed by atoms with van der Waals surface area (Å²) in [5.41, 5.74) is 2.09. The Morgan fingerprint density at radius 1 is 1.58 bits per heavy atom. The summed E-state index contributed by atoms with van der Waals surface area (Å²) in [5, 5.41) is 12.2. The van der Waals surface area contributed by atoms with Crippen LogP contribution in [0.2, 0.25) is 0 Å². The number of nitrogens with one attached hydrogen (secondary N) is 1. The molecule has 1 aliphatic rings. The van der Waals surface area contributed by atoms with E-state index in [0.717, 1.165) is 5.52 Å². The monoisotopic (exact) mass is 261 g/mol. The Hall–Kier alpha value is -2.08. The summed E-state index contributed by atoms with van der Waals surface area (Å²) in [4.78, 5) is 17.8. The van der Waals surface area contributed by atoms with Crippen molar-refractivity contribution in [2.45, 2.75) is 19.4 Å². The summed E-state index contributed by atoms with van der Waals surface area (Å²) in [7, 11) is 0. The van der Waals surface area contributed by atoms with Gasteiger partial charge in [-0.05, 0) is 24.6 Å². The van der Waals surface area contributed by atoms with Crippen molar-refractivity contribution < 1.29 is 14.3 Å². The summed E-state index contributed by atoms with van der Waals surface area (Å²) in [6.07, 6.45) is 0.223. The second-order valence-corrected chi connectivity index (χ2v) is 4.73. The van der Waals surface area contributed by atoms with Crippen molar-refractivity contribution in [1.29, 1.82) is 0 Å². The lowest BCUT2D eigenvalue weighted by Crippen LogP contribution is -2.33. The first-order valence-electron chi connectivity index (χ1n) is 6.23. The molecule has 1 aliphatic heterocycles. The minimum Gasteiger partial charge on any atom is -0.441 e. The maximum Gasteiger partial charge on any atom is 0.321 e. The smallest absolute Gasteiger partial charge is 0.321 e. The van der Waals surface area contributed by atoms with Crippen molar-refractivity contribution in [3.8, 4) is 0 Å². The van der Waals surface area contributed by atoms with E-state index < -0.39 is 6.10 Å². The quantitative estimate of drug-likeness (QED) is 0.819. The van der Waals surface area contributed by atoms with Gasteiger partial charge in [0.15, 0.2) is 11.5 Å². The molecule has 6 nitrogen and oxygen atoms in total. The van der Waals surface area contributed by atoms with Crippen LogP contribution in [0.4, 0.5) is 10.5 Å². The zero-order valence-corrected chi connectivity index (χ0v) is 10.6. The van der Waals surface area contributed by atoms with E-state index in [4.69, 9.17) is 4.42 Å². The van der Waals surface area contributed by atoms with Gasteiger partial charge in [-0.1, -0.05) is 0 Å². The molecule has 0 aliphatic carbocycles. The van der Waals surface area contributed by atoms with E-state index in [0.29, 0.717) is 36.7 Å². The van der Waals surface area contributed by atoms with Crippen LogP contribution < -0.4 is 5.32 Å². The van der Waals surface area contributed by atoms with E-state index in [-0.39, 0.29) is 6.03 Å². The number of β-amino-alcohol motifs (C(OH)–C–C–N with tert-alkyl or cyclic N) is 1. The Morgan fingerprint density at radius 2 is 2.42 bits per heavy atom. The predicted molar refractivity (Wildman–Crippen MR) is 70.0 cm³/mol. The highest BCUT2D eigenvalue weighted by Gasteiger charge is 2.24. The molecule has 2 aromatic rings. The lowest BCUT2D eigenvalue weighted by Gasteiger charge is -2.16. The molecule has 1 atom stereocenters. The van der Waals surface area contributed by atoms with Gasteiger partial charge in [0.25, 0.3) is 0 Å². The van der Waals surface area contributed by atoms with E-state index in [9.17, 15) is 9.90 Å². The zero-order valence-electron chi connectivity index (χ0n) is 10.6. The van der Waals surface area contributed by atoms with E-state index >= 15 is 0 Å². The number of nitrogens with zero attached hydrogens (tertiary/aromatic N) is 2. The van der Waals surface area contributed by atoms with Gasteiger partial charge in [0.05, 0.1) is 6.10 Å². The number of rotatable bonds is 1. The number of aromatic nitrogens is 1. The summed E-state index contributed by atoms with van der Waals surface area (Å²) >= 11 is 0. The minimum absolute atomic E-state index is 0.198. The highest BCUT2D eigenvalue weighted by Crippen LogP contribution is 2.20. The molecule has 1 saturated heterocycles. The molecular weight excluding hydrogens is 246 g/mol. The van der Waals surface area contributed by atoms with Gasteiger partial charge in [0, 0.05) is 25.7 Å². The van der Waals surface area contributed by atoms with E-state index in [1.165, 1.54) is 0 Å². The van der Waals surface area contributed by atoms with Gasteiger partial charge in [-0.15, -0.1) is 0 Å². The van der Waals surface area contributed by atoms with Crippen LogP contribution in [-0.4, -0.2) is 40.2 Å². The van der Waals surface area contributed by atoms with Crippen molar-refractivity contribution in [2.24, 2.45) is 0 Å². The normalized spacial score (nSPS) is 19.1. The first kappa shape index (κ1) is 12.0. The minimum atomic E-state index is -0.411. The van der Waals surface area contributed by atoms with Crippen LogP contribution in [0.25, 0.3) is 11.1 Å². The van der Waals surface area contributed by atoms with Crippen molar-refractivity contribution in [2.75, 3.05) is 18.4 Å². The van der Waals surface area contributed by atoms with Crippen molar-refractivity contribution in [3.63, 3.8) is 0 Å². The molecule has 0 radical (unpaired) electrons. The summed E-state index contributed by atoms with van der Waals surface area (Å²) in [5.74, 6) is 0.598. The number of likely N-dealkylation sites (tertiary alicyclic amines) is 1. The Labute approximate surface area is 110 Å². The average molecular weight is 261 g/mol. The number of aliphatic hydroxyl groups is 1. The predicted octanol–water partition coefficient (Wildman–Crippen LogP) is 1.73. The molecule has 0 spiro atoms. The number of amides is 2. The van der Waals surface area contributed by atoms with Gasteiger partial charge < -0.3 is 19.7 Å². The van der Waals surface area contributed by atoms with E-state index in [1.807, 2.05) is 0 Å². The number of fused-ring (bicyclic) bond motifs is 1. The number of aryl methyl sites for hydroxylation is 1. The van der Waals surface area contributed by atoms with Gasteiger partial charge in [-0.25, -0.2) is 9.78 Å². The highest BCUT2D eigenvalue weighted by molar-refractivity contribution is 5.91. The number of carbonyl (C=O) groups is 1. The van der Waals surface area contributed by atoms with Gasteiger partial charge >= 0.3 is 6.03 Å². The largest absolute Gasteiger partial charge is 0.441 e. The SMILES string of the molecule is Cc1nc2cc(NC(=O)N3CC[C@H](O)C3)ccc2o1. The Morgan fingerprint density at radius 3 is 3.16 bits per heavy atom. The molecule has 1 aromatic heterocycles. The van der Waals surface area contributed by atoms with Crippen molar-refractivity contribution in [3.05, 3.63) is 24.1 Å². The molecule has 100 valence electrons. The molecule has 0 bridgehead atoms. The van der Waals surface area contributed by atoms with Crippen LogP contribution in [0.1, 0.15) is 12.3 Å². The Bertz CT molecular complexity index is 623. The fourth-order valence-electron chi connectivity index (χ4n) is 2.25. The standard InChI is InChI=1S/C13H15N3O3/c1-8-14-11-6-9(2-3-12(11)19-8)15-13(18)16-5-4-10(17)7-16/h2-3,6,10,17H,4-5,7H2,1H3,(H,15,18)/t10-/m0/s1. The van der Waals surface area contributed by atoms with Gasteiger partial charge in [-0.3, -0.25) is 0 Å². The Kier molecular flexibility index (Phi) is 2.87. The molecule has 19 heavy (non-hydrogen) atoms. The molecule has 0 saturated carbocycles. The number of hydrogen-bond acceptors (Lipinski definition) is 4. The zero-order chi connectivity index (χ0) is 13.4. The fourth-order valence-corrected chi connectivity index (χ4v) is 2.25. The third-order valence-corrected chi connectivity index (χ3v) is 3.20. The highest BCUT2D eigenvalue weighted by atomic mass is 16.3. The van der Waals surface area contributed by atoms with Crippen LogP contribution in [0, 0.1) is 6.92 Å². The third-order valence-electron chi connectivity index (χ3n) is 3.20.